The topological polar surface area (TPSA) is 46.2 Å². The second kappa shape index (κ2) is 6.53. The summed E-state index contributed by atoms with van der Waals surface area (Å²) >= 11 is 0. The Morgan fingerprint density at radius 2 is 1.76 bits per heavy atom. The summed E-state index contributed by atoms with van der Waals surface area (Å²) in [7, 11) is -4.93. The van der Waals surface area contributed by atoms with Crippen molar-refractivity contribution in [2.75, 3.05) is 27.9 Å². The molecule has 0 atom stereocenters. The number of para-hydroxylation sites is 1. The number of hydrogen-bond acceptors (Lipinski definition) is 4. The molecule has 25 heavy (non-hydrogen) atoms. The number of halogens is 6. The van der Waals surface area contributed by atoms with E-state index < -0.39 is 7.81 Å². The second-order valence-corrected chi connectivity index (χ2v) is 6.99. The Bertz CT molecular complexity index is 782. The van der Waals surface area contributed by atoms with E-state index in [1.165, 1.54) is 4.85 Å². The first kappa shape index (κ1) is 20.7. The molecule has 0 N–H and O–H groups in total. The molecule has 0 bridgehead atoms. The van der Waals surface area contributed by atoms with Crippen LogP contribution in [-0.4, -0.2) is 58.4 Å². The van der Waals surface area contributed by atoms with Crippen LogP contribution in [-0.2, 0) is 0 Å². The van der Waals surface area contributed by atoms with Gasteiger partial charge in [-0.05, 0) is 17.3 Å². The second-order valence-electron chi connectivity index (χ2n) is 5.08. The van der Waals surface area contributed by atoms with Gasteiger partial charge in [0.1, 0.15) is 31.3 Å². The van der Waals surface area contributed by atoms with Crippen molar-refractivity contribution in [3.63, 3.8) is 0 Å². The van der Waals surface area contributed by atoms with Crippen LogP contribution in [0.5, 0.6) is 0 Å². The first-order chi connectivity index (χ1) is 11.1. The molecule has 0 fully saturated rings. The number of nitrogens with zero attached hydrogens (tertiary/aromatic N) is 5. The summed E-state index contributed by atoms with van der Waals surface area (Å²) in [6.45, 7) is 0.369. The van der Waals surface area contributed by atoms with E-state index in [-0.39, 0.29) is 0 Å². The van der Waals surface area contributed by atoms with Crippen LogP contribution < -0.4 is 4.84 Å². The van der Waals surface area contributed by atoms with Crippen molar-refractivity contribution in [2.45, 2.75) is 0 Å². The third-order valence-electron chi connectivity index (χ3n) is 2.24. The summed E-state index contributed by atoms with van der Waals surface area (Å²) in [5, 5.41) is 7.94. The van der Waals surface area contributed by atoms with Crippen molar-refractivity contribution in [2.24, 2.45) is 0 Å². The summed E-state index contributed by atoms with van der Waals surface area (Å²) in [6.07, 6.45) is 1.80. The Balaban J connectivity index is 0.000000381. The van der Waals surface area contributed by atoms with Gasteiger partial charge in [-0.2, -0.15) is 4.58 Å². The van der Waals surface area contributed by atoms with E-state index in [4.69, 9.17) is 4.84 Å². The molecule has 1 aromatic heterocycles. The van der Waals surface area contributed by atoms with Crippen LogP contribution >= 0.6 is 7.81 Å². The fraction of sp³-hybridized carbons (Fsp3) is 0.333. The predicted molar refractivity (Wildman–Crippen MR) is 82.0 cm³/mol. The quantitative estimate of drug-likeness (QED) is 0.263. The zero-order valence-electron chi connectivity index (χ0n) is 13.5. The zero-order valence-corrected chi connectivity index (χ0v) is 14.3. The van der Waals surface area contributed by atoms with Gasteiger partial charge < -0.3 is 9.74 Å². The van der Waals surface area contributed by atoms with Crippen LogP contribution in [0.2, 0.25) is 0 Å². The van der Waals surface area contributed by atoms with Crippen LogP contribution in [0, 0.1) is 0 Å². The van der Waals surface area contributed by atoms with E-state index in [0.717, 1.165) is 11.0 Å². The van der Waals surface area contributed by atoms with Gasteiger partial charge in [0.15, 0.2) is 12.6 Å². The minimum absolute atomic E-state index is 0.369. The van der Waals surface area contributed by atoms with Gasteiger partial charge in [0.05, 0.1) is 0 Å². The molecule has 6 nitrogen and oxygen atoms in total. The molecular formula is C12H16F6N5OP. The van der Waals surface area contributed by atoms with E-state index in [1.807, 2.05) is 54.9 Å². The number of rotatable bonds is 4. The van der Waals surface area contributed by atoms with E-state index in [0.29, 0.717) is 6.73 Å². The average Bonchev–Trinajstić information content (AvgIpc) is 2.82. The van der Waals surface area contributed by atoms with Crippen LogP contribution in [0.4, 0.5) is 25.2 Å². The Labute approximate surface area is 138 Å². The molecule has 0 spiro atoms. The number of benzene rings is 1. The van der Waals surface area contributed by atoms with Gasteiger partial charge >= 0.3 is 33.0 Å². The van der Waals surface area contributed by atoms with Crippen molar-refractivity contribution in [3.05, 3.63) is 30.5 Å². The van der Waals surface area contributed by atoms with E-state index in [9.17, 15) is 25.2 Å². The summed E-state index contributed by atoms with van der Waals surface area (Å²) in [6, 6.07) is 7.65. The molecule has 13 heteroatoms. The summed E-state index contributed by atoms with van der Waals surface area (Å²) < 4.78 is 61.0. The van der Waals surface area contributed by atoms with Gasteiger partial charge in [-0.15, -0.1) is 5.10 Å². The molecular weight excluding hydrogens is 375 g/mol. The summed E-state index contributed by atoms with van der Waals surface area (Å²) in [5.74, 6) is 3.02. The third kappa shape index (κ3) is 11.0. The SMILES string of the molecule is CN(C=C=[N+](C)C)COn1nnc2ccccc21.F[P-](F)(F)(F)(F)F. The molecule has 0 amide bonds. The van der Waals surface area contributed by atoms with Crippen LogP contribution in [0.3, 0.4) is 0 Å². The normalized spacial score (nSPS) is 13.6. The van der Waals surface area contributed by atoms with Gasteiger partial charge in [0.25, 0.3) is 0 Å². The standard InChI is InChI=1S/C12H16N5O.F6P/c1-15(2)8-9-16(3)10-18-17-12-7-5-4-6-11(12)13-14-17;1-7(2,3,4,5)6/h4-7,9H,10H2,1-3H3;/q+1;-1. The average molecular weight is 391 g/mol. The summed E-state index contributed by atoms with van der Waals surface area (Å²) in [5.41, 5.74) is 1.67. The van der Waals surface area contributed by atoms with Crippen molar-refractivity contribution in [1.29, 1.82) is 0 Å². The molecule has 0 aliphatic rings. The van der Waals surface area contributed by atoms with Crippen molar-refractivity contribution < 1.29 is 34.6 Å². The number of hydrogen-bond donors (Lipinski definition) is 0. The van der Waals surface area contributed by atoms with Crippen LogP contribution in [0.1, 0.15) is 0 Å². The maximum atomic E-state index is 9.87. The van der Waals surface area contributed by atoms with Gasteiger partial charge in [0, 0.05) is 7.05 Å². The van der Waals surface area contributed by atoms with E-state index in [1.54, 1.807) is 6.20 Å². The minimum atomic E-state index is -10.7. The Morgan fingerprint density at radius 1 is 1.20 bits per heavy atom. The molecule has 0 aliphatic carbocycles. The van der Waals surface area contributed by atoms with Crippen molar-refractivity contribution >= 4 is 24.7 Å². The Kier molecular flexibility index (Phi) is 5.41. The molecule has 0 radical (unpaired) electrons. The molecule has 0 aliphatic heterocycles. The van der Waals surface area contributed by atoms with Crippen LogP contribution in [0.25, 0.3) is 11.0 Å². The zero-order chi connectivity index (χ0) is 19.4. The third-order valence-corrected chi connectivity index (χ3v) is 2.24. The van der Waals surface area contributed by atoms with Gasteiger partial charge in [-0.1, -0.05) is 17.0 Å². The van der Waals surface area contributed by atoms with E-state index in [2.05, 4.69) is 16.2 Å². The maximum absolute atomic E-state index is 10.7. The van der Waals surface area contributed by atoms with Gasteiger partial charge in [0.2, 0.25) is 0 Å². The van der Waals surface area contributed by atoms with Gasteiger partial charge in [-0.3, -0.25) is 0 Å². The van der Waals surface area contributed by atoms with Gasteiger partial charge in [-0.25, -0.2) is 0 Å². The Hall–Kier alpha value is -2.32. The number of aromatic nitrogens is 3. The predicted octanol–water partition coefficient (Wildman–Crippen LogP) is 3.59. The van der Waals surface area contributed by atoms with Crippen molar-refractivity contribution in [1.82, 2.24) is 20.1 Å². The molecule has 0 unspecified atom stereocenters. The molecule has 142 valence electrons. The monoisotopic (exact) mass is 391 g/mol. The fourth-order valence-corrected chi connectivity index (χ4v) is 1.34. The first-order valence-electron chi connectivity index (χ1n) is 6.59. The van der Waals surface area contributed by atoms with Crippen molar-refractivity contribution in [3.8, 4) is 0 Å². The molecule has 2 rings (SSSR count). The first-order valence-corrected chi connectivity index (χ1v) is 8.62. The molecule has 2 aromatic rings. The number of fused-ring (bicyclic) bond motifs is 1. The molecule has 0 saturated heterocycles. The Morgan fingerprint density at radius 3 is 2.32 bits per heavy atom. The molecule has 1 aromatic carbocycles. The summed E-state index contributed by atoms with van der Waals surface area (Å²) in [4.78, 5) is 8.82. The molecule has 1 heterocycles. The van der Waals surface area contributed by atoms with E-state index >= 15 is 0 Å². The molecule has 0 saturated carbocycles. The van der Waals surface area contributed by atoms with Crippen LogP contribution in [0.15, 0.2) is 30.5 Å². The fourth-order valence-electron chi connectivity index (χ4n) is 1.34.